The minimum Gasteiger partial charge on any atom is -0.285 e. The van der Waals surface area contributed by atoms with Gasteiger partial charge in [0.1, 0.15) is 5.69 Å². The lowest BCUT2D eigenvalue weighted by Gasteiger charge is -1.92. The van der Waals surface area contributed by atoms with Crippen LogP contribution in [0.2, 0.25) is 5.02 Å². The van der Waals surface area contributed by atoms with Gasteiger partial charge in [-0.15, -0.1) is 0 Å². The topological polar surface area (TPSA) is 78.7 Å². The third-order valence-electron chi connectivity index (χ3n) is 1.08. The first-order valence-electron chi connectivity index (χ1n) is 2.95. The van der Waals surface area contributed by atoms with Crippen molar-refractivity contribution in [3.05, 3.63) is 39.5 Å². The molecular weight excluding hydrogens is 180 g/mol. The Balaban J connectivity index is 3.03. The smallest absolute Gasteiger partial charge is 0.267 e. The summed E-state index contributed by atoms with van der Waals surface area (Å²) in [7, 11) is 0. The lowest BCUT2D eigenvalue weighted by Crippen LogP contribution is -1.96. The van der Waals surface area contributed by atoms with Crippen molar-refractivity contribution in [2.75, 3.05) is 0 Å². The molecule has 0 aliphatic carbocycles. The van der Waals surface area contributed by atoms with Gasteiger partial charge in [-0.25, -0.2) is 0 Å². The zero-order valence-electron chi connectivity index (χ0n) is 5.81. The second kappa shape index (κ2) is 3.71. The van der Waals surface area contributed by atoms with Gasteiger partial charge in [-0.05, 0) is 22.8 Å². The minimum absolute atomic E-state index is 0.0419. The molecular formula is C6H3ClN4O. The van der Waals surface area contributed by atoms with Gasteiger partial charge < -0.3 is 0 Å². The van der Waals surface area contributed by atoms with Crippen LogP contribution < -0.4 is 0 Å². The molecule has 1 aromatic rings. The number of aromatic nitrogens is 1. The number of carbonyl (C=O) groups excluding carboxylic acids is 1. The number of hydrogen-bond acceptors (Lipinski definition) is 2. The number of azide groups is 1. The van der Waals surface area contributed by atoms with E-state index in [0.717, 1.165) is 0 Å². The molecule has 0 atom stereocenters. The Morgan fingerprint density at radius 1 is 1.75 bits per heavy atom. The molecule has 0 spiro atoms. The van der Waals surface area contributed by atoms with E-state index in [1.54, 1.807) is 0 Å². The molecule has 0 saturated carbocycles. The summed E-state index contributed by atoms with van der Waals surface area (Å²) >= 11 is 5.56. The van der Waals surface area contributed by atoms with Crippen LogP contribution in [0.4, 0.5) is 0 Å². The summed E-state index contributed by atoms with van der Waals surface area (Å²) in [5.41, 5.74) is 7.99. The summed E-state index contributed by atoms with van der Waals surface area (Å²) in [6.45, 7) is 0. The predicted molar refractivity (Wildman–Crippen MR) is 42.7 cm³/mol. The van der Waals surface area contributed by atoms with Gasteiger partial charge in [0.15, 0.2) is 0 Å². The Morgan fingerprint density at radius 2 is 2.50 bits per heavy atom. The number of rotatable bonds is 1. The Labute approximate surface area is 72.6 Å². The van der Waals surface area contributed by atoms with Gasteiger partial charge >= 0.3 is 0 Å². The molecule has 0 radical (unpaired) electrons. The second-order valence-electron chi connectivity index (χ2n) is 1.85. The second-order valence-corrected chi connectivity index (χ2v) is 2.29. The van der Waals surface area contributed by atoms with E-state index < -0.39 is 5.91 Å². The Bertz CT molecular complexity index is 358. The molecule has 0 unspecified atom stereocenters. The molecule has 6 heteroatoms. The maximum Gasteiger partial charge on any atom is 0.267 e. The molecule has 1 heterocycles. The quantitative estimate of drug-likeness (QED) is 0.379. The van der Waals surface area contributed by atoms with E-state index >= 15 is 0 Å². The van der Waals surface area contributed by atoms with Gasteiger partial charge in [-0.3, -0.25) is 9.78 Å². The van der Waals surface area contributed by atoms with Crippen molar-refractivity contribution in [1.82, 2.24) is 4.98 Å². The summed E-state index contributed by atoms with van der Waals surface area (Å²) in [6.07, 6.45) is 1.36. The van der Waals surface area contributed by atoms with E-state index in [1.807, 2.05) is 0 Å². The number of nitrogens with zero attached hydrogens (tertiary/aromatic N) is 4. The van der Waals surface area contributed by atoms with Crippen molar-refractivity contribution in [1.29, 1.82) is 0 Å². The fraction of sp³-hybridized carbons (Fsp3) is 0. The highest BCUT2D eigenvalue weighted by Gasteiger charge is 2.03. The zero-order valence-corrected chi connectivity index (χ0v) is 6.56. The molecule has 0 aliphatic heterocycles. The van der Waals surface area contributed by atoms with Crippen molar-refractivity contribution in [2.45, 2.75) is 0 Å². The average Bonchev–Trinajstić information content (AvgIpc) is 2.05. The first-order chi connectivity index (χ1) is 5.74. The fourth-order valence-electron chi connectivity index (χ4n) is 0.614. The van der Waals surface area contributed by atoms with Crippen LogP contribution in [0, 0.1) is 0 Å². The third kappa shape index (κ3) is 1.95. The van der Waals surface area contributed by atoms with Crippen molar-refractivity contribution in [3.8, 4) is 0 Å². The van der Waals surface area contributed by atoms with Crippen molar-refractivity contribution < 1.29 is 4.79 Å². The molecule has 0 N–H and O–H groups in total. The maximum absolute atomic E-state index is 10.9. The van der Waals surface area contributed by atoms with E-state index in [9.17, 15) is 4.79 Å². The first-order valence-corrected chi connectivity index (χ1v) is 3.33. The van der Waals surface area contributed by atoms with E-state index in [-0.39, 0.29) is 5.69 Å². The zero-order chi connectivity index (χ0) is 8.97. The molecule has 0 aromatic carbocycles. The molecule has 0 saturated heterocycles. The van der Waals surface area contributed by atoms with Crippen molar-refractivity contribution in [2.24, 2.45) is 5.11 Å². The minimum atomic E-state index is -0.736. The number of hydrogen-bond donors (Lipinski definition) is 0. The number of carbonyl (C=O) groups is 1. The van der Waals surface area contributed by atoms with Gasteiger partial charge in [0, 0.05) is 16.1 Å². The van der Waals surface area contributed by atoms with Crippen LogP contribution in [0.3, 0.4) is 0 Å². The van der Waals surface area contributed by atoms with Crippen LogP contribution in [0.5, 0.6) is 0 Å². The lowest BCUT2D eigenvalue weighted by molar-refractivity contribution is 0.0995. The van der Waals surface area contributed by atoms with Gasteiger partial charge in [0.2, 0.25) is 0 Å². The Kier molecular flexibility index (Phi) is 2.63. The maximum atomic E-state index is 10.9. The van der Waals surface area contributed by atoms with Crippen LogP contribution in [-0.2, 0) is 0 Å². The highest BCUT2D eigenvalue weighted by Crippen LogP contribution is 2.08. The summed E-state index contributed by atoms with van der Waals surface area (Å²) in [5.74, 6) is -0.736. The van der Waals surface area contributed by atoms with Gasteiger partial charge in [-0.1, -0.05) is 11.6 Å². The first kappa shape index (κ1) is 8.52. The monoisotopic (exact) mass is 182 g/mol. The van der Waals surface area contributed by atoms with E-state index in [0.29, 0.717) is 5.02 Å². The molecule has 0 aliphatic rings. The van der Waals surface area contributed by atoms with Crippen molar-refractivity contribution in [3.63, 3.8) is 0 Å². The number of amides is 1. The standard InChI is InChI=1S/C6H3ClN4O/c7-4-1-2-9-5(3-4)6(12)10-11-8/h1-3H. The molecule has 1 amide bonds. The van der Waals surface area contributed by atoms with Gasteiger partial charge in [-0.2, -0.15) is 0 Å². The molecule has 5 nitrogen and oxygen atoms in total. The lowest BCUT2D eigenvalue weighted by atomic mass is 10.3. The van der Waals surface area contributed by atoms with E-state index in [1.165, 1.54) is 18.3 Å². The molecule has 1 rings (SSSR count). The van der Waals surface area contributed by atoms with Crippen LogP contribution in [0.25, 0.3) is 10.4 Å². The summed E-state index contributed by atoms with van der Waals surface area (Å²) in [4.78, 5) is 16.8. The van der Waals surface area contributed by atoms with Crippen LogP contribution >= 0.6 is 11.6 Å². The molecule has 0 bridgehead atoms. The largest absolute Gasteiger partial charge is 0.285 e. The predicted octanol–water partition coefficient (Wildman–Crippen LogP) is 2.19. The van der Waals surface area contributed by atoms with Crippen LogP contribution in [0.15, 0.2) is 23.4 Å². The van der Waals surface area contributed by atoms with Gasteiger partial charge in [0.05, 0.1) is 0 Å². The van der Waals surface area contributed by atoms with E-state index in [4.69, 9.17) is 17.1 Å². The summed E-state index contributed by atoms with van der Waals surface area (Å²) in [5, 5.41) is 3.23. The highest BCUT2D eigenvalue weighted by molar-refractivity contribution is 6.30. The van der Waals surface area contributed by atoms with Gasteiger partial charge in [0.25, 0.3) is 5.91 Å². The molecule has 12 heavy (non-hydrogen) atoms. The highest BCUT2D eigenvalue weighted by atomic mass is 35.5. The Hall–Kier alpha value is -1.58. The SMILES string of the molecule is [N-]=[N+]=NC(=O)c1cc(Cl)ccn1. The molecule has 60 valence electrons. The van der Waals surface area contributed by atoms with Crippen LogP contribution in [-0.4, -0.2) is 10.9 Å². The Morgan fingerprint density at radius 3 is 3.08 bits per heavy atom. The fourth-order valence-corrected chi connectivity index (χ4v) is 0.773. The summed E-state index contributed by atoms with van der Waals surface area (Å²) in [6, 6.07) is 2.85. The number of pyridine rings is 1. The normalized spacial score (nSPS) is 8.75. The number of halogens is 1. The molecule has 1 aromatic heterocycles. The van der Waals surface area contributed by atoms with Crippen molar-refractivity contribution >= 4 is 17.5 Å². The third-order valence-corrected chi connectivity index (χ3v) is 1.31. The van der Waals surface area contributed by atoms with Crippen LogP contribution in [0.1, 0.15) is 10.5 Å². The average molecular weight is 183 g/mol. The summed E-state index contributed by atoms with van der Waals surface area (Å²) < 4.78 is 0. The van der Waals surface area contributed by atoms with E-state index in [2.05, 4.69) is 15.0 Å². The molecule has 0 fully saturated rings.